The summed E-state index contributed by atoms with van der Waals surface area (Å²) in [5.74, 6) is -0.286. The molecule has 33 heavy (non-hydrogen) atoms. The smallest absolute Gasteiger partial charge is 0.293 e. The van der Waals surface area contributed by atoms with Gasteiger partial charge in [-0.15, -0.1) is 0 Å². The van der Waals surface area contributed by atoms with Crippen LogP contribution in [-0.4, -0.2) is 42.8 Å². The van der Waals surface area contributed by atoms with Crippen molar-refractivity contribution < 1.29 is 18.1 Å². The fraction of sp³-hybridized carbons (Fsp3) is 0.375. The Morgan fingerprint density at radius 1 is 1.21 bits per heavy atom. The molecule has 0 N–H and O–H groups in total. The summed E-state index contributed by atoms with van der Waals surface area (Å²) in [5, 5.41) is 12.9. The van der Waals surface area contributed by atoms with Crippen LogP contribution < -0.4 is 4.31 Å². The molecule has 3 atom stereocenters. The van der Waals surface area contributed by atoms with Crippen LogP contribution in [0.15, 0.2) is 65.6 Å². The van der Waals surface area contributed by atoms with Crippen molar-refractivity contribution in [1.82, 2.24) is 4.90 Å². The molecule has 1 aliphatic carbocycles. The third kappa shape index (κ3) is 3.33. The quantitative estimate of drug-likeness (QED) is 0.365. The molecule has 0 saturated heterocycles. The minimum absolute atomic E-state index is 0.0742. The van der Waals surface area contributed by atoms with Gasteiger partial charge in [0, 0.05) is 18.4 Å². The van der Waals surface area contributed by atoms with E-state index in [0.717, 1.165) is 5.56 Å². The zero-order valence-electron chi connectivity index (χ0n) is 18.8. The zero-order chi connectivity index (χ0) is 24.0. The van der Waals surface area contributed by atoms with Crippen molar-refractivity contribution in [2.75, 3.05) is 10.8 Å². The Morgan fingerprint density at radius 3 is 2.48 bits per heavy atom. The summed E-state index contributed by atoms with van der Waals surface area (Å²) in [6, 6.07) is 11.1. The maximum Gasteiger partial charge on any atom is 0.293 e. The molecule has 8 nitrogen and oxygen atoms in total. The molecule has 1 heterocycles. The van der Waals surface area contributed by atoms with Gasteiger partial charge >= 0.3 is 0 Å². The Balaban J connectivity index is 1.98. The minimum Gasteiger partial charge on any atom is -0.329 e. The van der Waals surface area contributed by atoms with E-state index >= 15 is 0 Å². The van der Waals surface area contributed by atoms with E-state index in [2.05, 4.69) is 0 Å². The van der Waals surface area contributed by atoms with E-state index in [1.807, 2.05) is 13.8 Å². The number of para-hydroxylation sites is 1. The monoisotopic (exact) mass is 469 g/mol. The van der Waals surface area contributed by atoms with Crippen molar-refractivity contribution in [2.24, 2.45) is 0 Å². The van der Waals surface area contributed by atoms with Gasteiger partial charge in [0.15, 0.2) is 0 Å². The number of anilines is 1. The number of nitrogens with zero attached hydrogens (tertiary/aromatic N) is 3. The first-order valence-electron chi connectivity index (χ1n) is 11.0. The number of amides is 1. The van der Waals surface area contributed by atoms with Gasteiger partial charge in [-0.05, 0) is 44.0 Å². The van der Waals surface area contributed by atoms with Crippen molar-refractivity contribution in [3.63, 3.8) is 0 Å². The van der Waals surface area contributed by atoms with Crippen LogP contribution in [0.5, 0.6) is 0 Å². The molecule has 0 radical (unpaired) electrons. The predicted molar refractivity (Wildman–Crippen MR) is 125 cm³/mol. The van der Waals surface area contributed by atoms with Crippen LogP contribution in [-0.2, 0) is 20.4 Å². The molecule has 0 unspecified atom stereocenters. The largest absolute Gasteiger partial charge is 0.329 e. The second kappa shape index (κ2) is 8.30. The number of carbonyl (C=O) groups is 1. The highest BCUT2D eigenvalue weighted by Crippen LogP contribution is 2.54. The highest BCUT2D eigenvalue weighted by atomic mass is 32.2. The Kier molecular flexibility index (Phi) is 5.78. The number of carbonyl (C=O) groups excluding carboxylic acids is 1. The van der Waals surface area contributed by atoms with Crippen LogP contribution in [0.3, 0.4) is 0 Å². The normalized spacial score (nSPS) is 23.7. The number of hydrogen-bond donors (Lipinski definition) is 0. The van der Waals surface area contributed by atoms with E-state index in [1.165, 1.54) is 28.3 Å². The lowest BCUT2D eigenvalue weighted by atomic mass is 9.74. The first-order chi connectivity index (χ1) is 15.7. The first kappa shape index (κ1) is 23.0. The molecule has 4 rings (SSSR count). The molecular weight excluding hydrogens is 442 g/mol. The van der Waals surface area contributed by atoms with Crippen molar-refractivity contribution in [2.45, 2.75) is 56.1 Å². The number of fused-ring (bicyclic) bond motifs is 3. The molecule has 2 aromatic carbocycles. The van der Waals surface area contributed by atoms with Crippen molar-refractivity contribution in [1.29, 1.82) is 0 Å². The number of aryl methyl sites for hydroxylation is 1. The van der Waals surface area contributed by atoms with E-state index in [-0.39, 0.29) is 27.8 Å². The van der Waals surface area contributed by atoms with Gasteiger partial charge in [0.25, 0.3) is 15.6 Å². The van der Waals surface area contributed by atoms with Crippen molar-refractivity contribution in [3.8, 4) is 0 Å². The summed E-state index contributed by atoms with van der Waals surface area (Å²) in [7, 11) is -4.10. The predicted octanol–water partition coefficient (Wildman–Crippen LogP) is 3.63. The van der Waals surface area contributed by atoms with Crippen LogP contribution >= 0.6 is 0 Å². The van der Waals surface area contributed by atoms with E-state index < -0.39 is 27.6 Å². The van der Waals surface area contributed by atoms with Crippen molar-refractivity contribution in [3.05, 3.63) is 81.9 Å². The van der Waals surface area contributed by atoms with E-state index in [0.29, 0.717) is 18.5 Å². The summed E-state index contributed by atoms with van der Waals surface area (Å²) in [4.78, 5) is 26.7. The lowest BCUT2D eigenvalue weighted by molar-refractivity contribution is -0.587. The molecule has 2 aliphatic rings. The Morgan fingerprint density at radius 2 is 1.88 bits per heavy atom. The molecule has 174 valence electrons. The second-order valence-electron chi connectivity index (χ2n) is 8.55. The van der Waals surface area contributed by atoms with Crippen LogP contribution in [0.25, 0.3) is 0 Å². The summed E-state index contributed by atoms with van der Waals surface area (Å²) in [6.45, 7) is 5.48. The Bertz CT molecular complexity index is 1220. The van der Waals surface area contributed by atoms with Gasteiger partial charge in [0.1, 0.15) is 12.1 Å². The minimum atomic E-state index is -4.10. The maximum absolute atomic E-state index is 13.9. The van der Waals surface area contributed by atoms with Crippen LogP contribution in [0, 0.1) is 17.0 Å². The fourth-order valence-electron chi connectivity index (χ4n) is 5.17. The summed E-state index contributed by atoms with van der Waals surface area (Å²) < 4.78 is 28.9. The van der Waals surface area contributed by atoms with Gasteiger partial charge < -0.3 is 4.90 Å². The zero-order valence-corrected chi connectivity index (χ0v) is 19.7. The third-order valence-corrected chi connectivity index (χ3v) is 8.41. The molecule has 0 aromatic heterocycles. The molecule has 0 bridgehead atoms. The molecule has 0 spiro atoms. The van der Waals surface area contributed by atoms with E-state index in [1.54, 1.807) is 48.6 Å². The van der Waals surface area contributed by atoms with E-state index in [9.17, 15) is 23.3 Å². The van der Waals surface area contributed by atoms with Crippen LogP contribution in [0.2, 0.25) is 0 Å². The SMILES string of the molecule is CCCN(C(C)=O)[C@@H]1C=CC[C@@H]2N(S(=O)(=O)c3ccc(C)cc3)c3ccccc3[C@@]21[N+](=O)[O-]. The van der Waals surface area contributed by atoms with Gasteiger partial charge in [0.05, 0.1) is 16.1 Å². The highest BCUT2D eigenvalue weighted by molar-refractivity contribution is 7.92. The average molecular weight is 470 g/mol. The highest BCUT2D eigenvalue weighted by Gasteiger charge is 2.69. The number of benzene rings is 2. The summed E-state index contributed by atoms with van der Waals surface area (Å²) >= 11 is 0. The molecule has 1 amide bonds. The maximum atomic E-state index is 13.9. The van der Waals surface area contributed by atoms with Gasteiger partial charge in [0.2, 0.25) is 5.91 Å². The number of hydrogen-bond acceptors (Lipinski definition) is 5. The fourth-order valence-corrected chi connectivity index (χ4v) is 6.88. The molecule has 2 aromatic rings. The standard InChI is InChI=1S/C24H27N3O5S/c1-4-16-25(18(3)28)22-10-7-11-23-24(22,27(29)30)20-8-5-6-9-21(20)26(23)33(31,32)19-14-12-17(2)13-15-19/h5-10,12-15,22-23H,4,11,16H2,1-3H3/t22-,23+,24+/m1/s1. The van der Waals surface area contributed by atoms with Gasteiger partial charge in [-0.3, -0.25) is 19.2 Å². The number of rotatable bonds is 6. The number of sulfonamides is 1. The average Bonchev–Trinajstić information content (AvgIpc) is 3.10. The van der Waals surface area contributed by atoms with Crippen molar-refractivity contribution >= 4 is 21.6 Å². The molecule has 1 aliphatic heterocycles. The van der Waals surface area contributed by atoms with Crippen LogP contribution in [0.4, 0.5) is 5.69 Å². The second-order valence-corrected chi connectivity index (χ2v) is 10.4. The summed E-state index contributed by atoms with van der Waals surface area (Å²) in [6.07, 6.45) is 4.23. The third-order valence-electron chi connectivity index (χ3n) is 6.58. The lowest BCUT2D eigenvalue weighted by Crippen LogP contribution is -2.64. The number of nitro groups is 1. The molecule has 0 fully saturated rings. The Labute approximate surface area is 193 Å². The summed E-state index contributed by atoms with van der Waals surface area (Å²) in [5.41, 5.74) is -0.308. The van der Waals surface area contributed by atoms with E-state index in [4.69, 9.17) is 0 Å². The molecule has 9 heteroatoms. The molecular formula is C24H27N3O5S. The topological polar surface area (TPSA) is 101 Å². The molecule has 0 saturated carbocycles. The first-order valence-corrected chi connectivity index (χ1v) is 12.4. The van der Waals surface area contributed by atoms with Crippen LogP contribution in [0.1, 0.15) is 37.8 Å². The van der Waals surface area contributed by atoms with Gasteiger partial charge in [-0.25, -0.2) is 8.42 Å². The van der Waals surface area contributed by atoms with Gasteiger partial charge in [-0.2, -0.15) is 0 Å². The Hall–Kier alpha value is -3.20. The lowest BCUT2D eigenvalue weighted by Gasteiger charge is -2.42. The van der Waals surface area contributed by atoms with Gasteiger partial charge in [-0.1, -0.05) is 48.9 Å².